The first-order valence-electron chi connectivity index (χ1n) is 5.66. The number of H-pyrrole nitrogens is 1. The number of nitrogens with one attached hydrogen (secondary N) is 2. The summed E-state index contributed by atoms with van der Waals surface area (Å²) in [5.74, 6) is -1.96. The smallest absolute Gasteiger partial charge is 0.307 e. The van der Waals surface area contributed by atoms with Gasteiger partial charge in [-0.2, -0.15) is 5.10 Å². The monoisotopic (exact) mass is 237 g/mol. The summed E-state index contributed by atoms with van der Waals surface area (Å²) in [5.41, 5.74) is 0.878. The van der Waals surface area contributed by atoms with Crippen molar-refractivity contribution in [3.8, 4) is 0 Å². The fraction of sp³-hybridized carbons (Fsp3) is 0.545. The lowest BCUT2D eigenvalue weighted by Crippen LogP contribution is -2.34. The van der Waals surface area contributed by atoms with Crippen molar-refractivity contribution in [1.29, 1.82) is 0 Å². The molecule has 0 unspecified atom stereocenters. The van der Waals surface area contributed by atoms with E-state index in [2.05, 4.69) is 15.5 Å². The predicted octanol–water partition coefficient (Wildman–Crippen LogP) is 0.527. The number of carboxylic acids is 1. The number of hydrogen-bond donors (Lipinski definition) is 3. The first-order chi connectivity index (χ1) is 8.18. The zero-order valence-electron chi connectivity index (χ0n) is 9.35. The summed E-state index contributed by atoms with van der Waals surface area (Å²) in [6.45, 7) is 0.387. The summed E-state index contributed by atoms with van der Waals surface area (Å²) >= 11 is 0. The molecule has 0 saturated heterocycles. The van der Waals surface area contributed by atoms with Crippen LogP contribution >= 0.6 is 0 Å². The van der Waals surface area contributed by atoms with Crippen molar-refractivity contribution < 1.29 is 14.7 Å². The van der Waals surface area contributed by atoms with E-state index in [0.29, 0.717) is 19.4 Å². The first kappa shape index (κ1) is 11.6. The van der Waals surface area contributed by atoms with Crippen molar-refractivity contribution in [2.24, 2.45) is 11.8 Å². The molecule has 0 aromatic carbocycles. The minimum Gasteiger partial charge on any atom is -0.481 e. The molecule has 6 nitrogen and oxygen atoms in total. The molecule has 3 N–H and O–H groups in total. The third-order valence-electron chi connectivity index (χ3n) is 3.19. The molecular weight excluding hydrogens is 222 g/mol. The molecule has 1 saturated carbocycles. The molecule has 17 heavy (non-hydrogen) atoms. The molecule has 92 valence electrons. The number of carbonyl (C=O) groups is 2. The van der Waals surface area contributed by atoms with Crippen molar-refractivity contribution >= 4 is 11.9 Å². The molecule has 2 atom stereocenters. The zero-order valence-corrected chi connectivity index (χ0v) is 9.35. The van der Waals surface area contributed by atoms with E-state index in [1.165, 1.54) is 0 Å². The van der Waals surface area contributed by atoms with Gasteiger partial charge in [-0.3, -0.25) is 14.7 Å². The average molecular weight is 237 g/mol. The Morgan fingerprint density at radius 3 is 2.88 bits per heavy atom. The number of aliphatic carboxylic acids is 1. The summed E-state index contributed by atoms with van der Waals surface area (Å²) in [6, 6.07) is 0. The van der Waals surface area contributed by atoms with Crippen LogP contribution in [0.25, 0.3) is 0 Å². The van der Waals surface area contributed by atoms with E-state index in [9.17, 15) is 9.59 Å². The Bertz CT molecular complexity index is 402. The van der Waals surface area contributed by atoms with Gasteiger partial charge in [0, 0.05) is 18.3 Å². The van der Waals surface area contributed by atoms with E-state index >= 15 is 0 Å². The third kappa shape index (κ3) is 2.64. The minimum absolute atomic E-state index is 0.170. The maximum atomic E-state index is 11.9. The van der Waals surface area contributed by atoms with E-state index < -0.39 is 11.9 Å². The summed E-state index contributed by atoms with van der Waals surface area (Å²) in [4.78, 5) is 22.8. The number of amides is 1. The topological polar surface area (TPSA) is 95.1 Å². The van der Waals surface area contributed by atoms with Crippen molar-refractivity contribution in [3.05, 3.63) is 18.0 Å². The molecule has 1 aromatic heterocycles. The van der Waals surface area contributed by atoms with Crippen LogP contribution in [0.3, 0.4) is 0 Å². The van der Waals surface area contributed by atoms with Gasteiger partial charge in [0.1, 0.15) is 0 Å². The Morgan fingerprint density at radius 2 is 2.24 bits per heavy atom. The molecule has 1 heterocycles. The van der Waals surface area contributed by atoms with Gasteiger partial charge in [-0.25, -0.2) is 0 Å². The standard InChI is InChI=1S/C11H15N3O3/c15-10(12-4-7-5-13-14-6-7)8-2-1-3-9(8)11(16)17/h5-6,8-9H,1-4H2,(H,12,15)(H,13,14)(H,16,17)/t8-,9+/m1/s1. The fourth-order valence-electron chi connectivity index (χ4n) is 2.26. The van der Waals surface area contributed by atoms with E-state index in [4.69, 9.17) is 5.11 Å². The second kappa shape index (κ2) is 4.99. The van der Waals surface area contributed by atoms with E-state index in [1.54, 1.807) is 12.4 Å². The molecular formula is C11H15N3O3. The van der Waals surface area contributed by atoms with Crippen molar-refractivity contribution in [2.45, 2.75) is 25.8 Å². The van der Waals surface area contributed by atoms with Gasteiger partial charge in [-0.15, -0.1) is 0 Å². The van der Waals surface area contributed by atoms with Crippen LogP contribution in [0.5, 0.6) is 0 Å². The van der Waals surface area contributed by atoms with E-state index in [1.807, 2.05) is 0 Å². The highest BCUT2D eigenvalue weighted by Crippen LogP contribution is 2.32. The largest absolute Gasteiger partial charge is 0.481 e. The second-order valence-electron chi connectivity index (χ2n) is 4.31. The molecule has 0 spiro atoms. The number of aromatic amines is 1. The molecule has 2 rings (SSSR count). The van der Waals surface area contributed by atoms with Crippen LogP contribution < -0.4 is 5.32 Å². The van der Waals surface area contributed by atoms with Crippen LogP contribution in [0.15, 0.2) is 12.4 Å². The Balaban J connectivity index is 1.89. The number of carbonyl (C=O) groups excluding carboxylic acids is 1. The molecule has 0 radical (unpaired) electrons. The quantitative estimate of drug-likeness (QED) is 0.711. The van der Waals surface area contributed by atoms with Gasteiger partial charge < -0.3 is 10.4 Å². The summed E-state index contributed by atoms with van der Waals surface area (Å²) in [6.07, 6.45) is 5.39. The summed E-state index contributed by atoms with van der Waals surface area (Å²) in [5, 5.41) is 18.2. The highest BCUT2D eigenvalue weighted by Gasteiger charge is 2.37. The second-order valence-corrected chi connectivity index (χ2v) is 4.31. The van der Waals surface area contributed by atoms with E-state index in [0.717, 1.165) is 12.0 Å². The Labute approximate surface area is 98.4 Å². The lowest BCUT2D eigenvalue weighted by atomic mass is 9.95. The predicted molar refractivity (Wildman–Crippen MR) is 58.9 cm³/mol. The summed E-state index contributed by atoms with van der Waals surface area (Å²) < 4.78 is 0. The molecule has 1 aliphatic rings. The van der Waals surface area contributed by atoms with Crippen LogP contribution in [-0.4, -0.2) is 27.2 Å². The van der Waals surface area contributed by atoms with Gasteiger partial charge in [0.2, 0.25) is 5.91 Å². The normalized spacial score (nSPS) is 23.5. The molecule has 1 amide bonds. The van der Waals surface area contributed by atoms with Gasteiger partial charge in [0.25, 0.3) is 0 Å². The van der Waals surface area contributed by atoms with Crippen LogP contribution in [0.1, 0.15) is 24.8 Å². The van der Waals surface area contributed by atoms with Gasteiger partial charge in [0.05, 0.1) is 18.0 Å². The number of hydrogen-bond acceptors (Lipinski definition) is 3. The van der Waals surface area contributed by atoms with Gasteiger partial charge in [0.15, 0.2) is 0 Å². The molecule has 0 aliphatic heterocycles. The number of carboxylic acid groups (broad SMARTS) is 1. The van der Waals surface area contributed by atoms with Crippen molar-refractivity contribution in [1.82, 2.24) is 15.5 Å². The molecule has 1 aliphatic carbocycles. The van der Waals surface area contributed by atoms with Crippen LogP contribution in [-0.2, 0) is 16.1 Å². The van der Waals surface area contributed by atoms with Crippen LogP contribution in [0, 0.1) is 11.8 Å². The number of rotatable bonds is 4. The van der Waals surface area contributed by atoms with Gasteiger partial charge in [-0.1, -0.05) is 6.42 Å². The van der Waals surface area contributed by atoms with Gasteiger partial charge in [-0.05, 0) is 12.8 Å². The number of nitrogens with zero attached hydrogens (tertiary/aromatic N) is 1. The lowest BCUT2D eigenvalue weighted by molar-refractivity contribution is -0.146. The molecule has 6 heteroatoms. The SMILES string of the molecule is O=C(O)[C@H]1CCC[C@H]1C(=O)NCc1cn[nH]c1. The average Bonchev–Trinajstić information content (AvgIpc) is 2.96. The Hall–Kier alpha value is -1.85. The van der Waals surface area contributed by atoms with Crippen molar-refractivity contribution in [3.63, 3.8) is 0 Å². The van der Waals surface area contributed by atoms with Crippen molar-refractivity contribution in [2.75, 3.05) is 0 Å². The molecule has 1 aromatic rings. The Kier molecular flexibility index (Phi) is 3.41. The molecule has 1 fully saturated rings. The Morgan fingerprint density at radius 1 is 1.47 bits per heavy atom. The lowest BCUT2D eigenvalue weighted by Gasteiger charge is -2.15. The maximum absolute atomic E-state index is 11.9. The van der Waals surface area contributed by atoms with Gasteiger partial charge >= 0.3 is 5.97 Å². The molecule has 0 bridgehead atoms. The minimum atomic E-state index is -0.869. The third-order valence-corrected chi connectivity index (χ3v) is 3.19. The maximum Gasteiger partial charge on any atom is 0.307 e. The zero-order chi connectivity index (χ0) is 12.3. The van der Waals surface area contributed by atoms with Crippen LogP contribution in [0.2, 0.25) is 0 Å². The highest BCUT2D eigenvalue weighted by molar-refractivity contribution is 5.85. The number of aromatic nitrogens is 2. The van der Waals surface area contributed by atoms with E-state index in [-0.39, 0.29) is 11.8 Å². The fourth-order valence-corrected chi connectivity index (χ4v) is 2.26. The summed E-state index contributed by atoms with van der Waals surface area (Å²) in [7, 11) is 0. The highest BCUT2D eigenvalue weighted by atomic mass is 16.4. The first-order valence-corrected chi connectivity index (χ1v) is 5.66. The van der Waals surface area contributed by atoms with Crippen LogP contribution in [0.4, 0.5) is 0 Å².